The van der Waals surface area contributed by atoms with Gasteiger partial charge in [0, 0.05) is 11.3 Å². The van der Waals surface area contributed by atoms with Crippen molar-refractivity contribution in [1.29, 1.82) is 0 Å². The molecule has 1 atom stereocenters. The SMILES string of the molecule is C=CCOc1ccccc1NCC(=O)Nc1ccc(C(=O)NC(C)c2ccccc2)cc1. The quantitative estimate of drug-likeness (QED) is 0.405. The molecule has 6 heteroatoms. The molecule has 0 aliphatic carbocycles. The summed E-state index contributed by atoms with van der Waals surface area (Å²) < 4.78 is 5.58. The Labute approximate surface area is 188 Å². The van der Waals surface area contributed by atoms with Crippen LogP contribution in [0.15, 0.2) is 91.5 Å². The van der Waals surface area contributed by atoms with Crippen LogP contribution in [0.3, 0.4) is 0 Å². The van der Waals surface area contributed by atoms with Gasteiger partial charge in [-0.1, -0.05) is 55.1 Å². The van der Waals surface area contributed by atoms with E-state index in [1.807, 2.05) is 61.5 Å². The van der Waals surface area contributed by atoms with E-state index in [9.17, 15) is 9.59 Å². The van der Waals surface area contributed by atoms with Gasteiger partial charge in [-0.05, 0) is 48.9 Å². The fourth-order valence-corrected chi connectivity index (χ4v) is 3.08. The molecule has 0 saturated carbocycles. The Morgan fingerprint density at radius 2 is 1.66 bits per heavy atom. The third-order valence-electron chi connectivity index (χ3n) is 4.76. The van der Waals surface area contributed by atoms with E-state index in [1.54, 1.807) is 30.3 Å². The molecule has 0 bridgehead atoms. The molecule has 1 unspecified atom stereocenters. The van der Waals surface area contributed by atoms with Gasteiger partial charge in [0.1, 0.15) is 12.4 Å². The molecule has 0 spiro atoms. The molecule has 3 rings (SSSR count). The monoisotopic (exact) mass is 429 g/mol. The Kier molecular flexibility index (Phi) is 8.03. The van der Waals surface area contributed by atoms with Gasteiger partial charge in [0.15, 0.2) is 0 Å². The first-order valence-electron chi connectivity index (χ1n) is 10.4. The zero-order valence-corrected chi connectivity index (χ0v) is 18.0. The molecule has 0 aromatic heterocycles. The van der Waals surface area contributed by atoms with Crippen molar-refractivity contribution in [2.24, 2.45) is 0 Å². The van der Waals surface area contributed by atoms with E-state index in [2.05, 4.69) is 22.5 Å². The number of amides is 2. The third-order valence-corrected chi connectivity index (χ3v) is 4.76. The fraction of sp³-hybridized carbons (Fsp3) is 0.154. The normalized spacial score (nSPS) is 11.2. The van der Waals surface area contributed by atoms with Gasteiger partial charge >= 0.3 is 0 Å². The van der Waals surface area contributed by atoms with Crippen molar-refractivity contribution in [1.82, 2.24) is 5.32 Å². The zero-order chi connectivity index (χ0) is 22.8. The minimum atomic E-state index is -0.210. The van der Waals surface area contributed by atoms with Gasteiger partial charge in [-0.25, -0.2) is 0 Å². The highest BCUT2D eigenvalue weighted by Crippen LogP contribution is 2.23. The maximum absolute atomic E-state index is 12.5. The summed E-state index contributed by atoms with van der Waals surface area (Å²) in [5, 5.41) is 8.87. The van der Waals surface area contributed by atoms with Gasteiger partial charge < -0.3 is 20.7 Å². The van der Waals surface area contributed by atoms with E-state index in [4.69, 9.17) is 4.74 Å². The molecule has 6 nitrogen and oxygen atoms in total. The van der Waals surface area contributed by atoms with E-state index in [0.29, 0.717) is 23.6 Å². The van der Waals surface area contributed by atoms with Crippen LogP contribution in [0.5, 0.6) is 5.75 Å². The van der Waals surface area contributed by atoms with Crippen LogP contribution < -0.4 is 20.7 Å². The molecular weight excluding hydrogens is 402 g/mol. The van der Waals surface area contributed by atoms with Crippen LogP contribution in [-0.4, -0.2) is 25.0 Å². The number of carbonyl (C=O) groups excluding carboxylic acids is 2. The van der Waals surface area contributed by atoms with E-state index in [0.717, 1.165) is 11.3 Å². The first-order valence-corrected chi connectivity index (χ1v) is 10.4. The van der Waals surface area contributed by atoms with Crippen LogP contribution >= 0.6 is 0 Å². The van der Waals surface area contributed by atoms with Crippen molar-refractivity contribution in [2.75, 3.05) is 23.8 Å². The third kappa shape index (κ3) is 6.47. The van der Waals surface area contributed by atoms with Gasteiger partial charge in [0.2, 0.25) is 5.91 Å². The molecular formula is C26H27N3O3. The summed E-state index contributed by atoms with van der Waals surface area (Å²) in [4.78, 5) is 24.8. The van der Waals surface area contributed by atoms with Crippen LogP contribution in [0.2, 0.25) is 0 Å². The minimum absolute atomic E-state index is 0.0747. The van der Waals surface area contributed by atoms with Crippen LogP contribution in [0.25, 0.3) is 0 Å². The lowest BCUT2D eigenvalue weighted by Gasteiger charge is -2.15. The molecule has 0 saturated heterocycles. The van der Waals surface area contributed by atoms with Crippen LogP contribution in [0.1, 0.15) is 28.9 Å². The van der Waals surface area contributed by atoms with E-state index in [1.165, 1.54) is 0 Å². The number of hydrogen-bond donors (Lipinski definition) is 3. The van der Waals surface area contributed by atoms with E-state index < -0.39 is 0 Å². The van der Waals surface area contributed by atoms with Gasteiger partial charge in [-0.3, -0.25) is 9.59 Å². The summed E-state index contributed by atoms with van der Waals surface area (Å²) in [5.41, 5.74) is 2.90. The number of ether oxygens (including phenoxy) is 1. The van der Waals surface area contributed by atoms with Crippen molar-refractivity contribution in [3.63, 3.8) is 0 Å². The Morgan fingerprint density at radius 3 is 2.38 bits per heavy atom. The standard InChI is InChI=1S/C26H27N3O3/c1-3-17-32-24-12-8-7-11-23(24)27-18-25(30)29-22-15-13-21(14-16-22)26(31)28-19(2)20-9-5-4-6-10-20/h3-16,19,27H,1,17-18H2,2H3,(H,28,31)(H,29,30). The number of para-hydroxylation sites is 2. The highest BCUT2D eigenvalue weighted by Gasteiger charge is 2.12. The van der Waals surface area contributed by atoms with Gasteiger partial charge in [-0.2, -0.15) is 0 Å². The van der Waals surface area contributed by atoms with Gasteiger partial charge in [-0.15, -0.1) is 0 Å². The average Bonchev–Trinajstić information content (AvgIpc) is 2.83. The second kappa shape index (κ2) is 11.4. The molecule has 0 aliphatic heterocycles. The van der Waals surface area contributed by atoms with Gasteiger partial charge in [0.25, 0.3) is 5.91 Å². The van der Waals surface area contributed by atoms with Crippen molar-refractivity contribution in [2.45, 2.75) is 13.0 Å². The summed E-state index contributed by atoms with van der Waals surface area (Å²) in [5.74, 6) is 0.274. The highest BCUT2D eigenvalue weighted by atomic mass is 16.5. The number of benzene rings is 3. The first kappa shape index (κ1) is 22.6. The molecule has 0 aliphatic rings. The van der Waals surface area contributed by atoms with E-state index >= 15 is 0 Å². The largest absolute Gasteiger partial charge is 0.487 e. The molecule has 3 aromatic rings. The summed E-state index contributed by atoms with van der Waals surface area (Å²) in [7, 11) is 0. The second-order valence-corrected chi connectivity index (χ2v) is 7.18. The highest BCUT2D eigenvalue weighted by molar-refractivity contribution is 5.97. The Bertz CT molecular complexity index is 1050. The lowest BCUT2D eigenvalue weighted by Crippen LogP contribution is -2.26. The summed E-state index contributed by atoms with van der Waals surface area (Å²) >= 11 is 0. The van der Waals surface area contributed by atoms with Crippen LogP contribution in [0, 0.1) is 0 Å². The minimum Gasteiger partial charge on any atom is -0.487 e. The van der Waals surface area contributed by atoms with Crippen LogP contribution in [-0.2, 0) is 4.79 Å². The topological polar surface area (TPSA) is 79.5 Å². The van der Waals surface area contributed by atoms with E-state index in [-0.39, 0.29) is 24.4 Å². The summed E-state index contributed by atoms with van der Waals surface area (Å²) in [6, 6.07) is 23.9. The summed E-state index contributed by atoms with van der Waals surface area (Å²) in [6.07, 6.45) is 1.66. The number of rotatable bonds is 10. The van der Waals surface area contributed by atoms with Crippen molar-refractivity contribution >= 4 is 23.2 Å². The molecule has 0 heterocycles. The second-order valence-electron chi connectivity index (χ2n) is 7.18. The lowest BCUT2D eigenvalue weighted by atomic mass is 10.1. The smallest absolute Gasteiger partial charge is 0.251 e. The number of nitrogens with one attached hydrogen (secondary N) is 3. The molecule has 32 heavy (non-hydrogen) atoms. The fourth-order valence-electron chi connectivity index (χ4n) is 3.08. The predicted molar refractivity (Wildman–Crippen MR) is 128 cm³/mol. The van der Waals surface area contributed by atoms with Crippen molar-refractivity contribution in [3.05, 3.63) is 103 Å². The zero-order valence-electron chi connectivity index (χ0n) is 18.0. The first-order chi connectivity index (χ1) is 15.6. The Balaban J connectivity index is 1.51. The maximum atomic E-state index is 12.5. The van der Waals surface area contributed by atoms with Crippen LogP contribution in [0.4, 0.5) is 11.4 Å². The summed E-state index contributed by atoms with van der Waals surface area (Å²) in [6.45, 7) is 6.04. The molecule has 0 radical (unpaired) electrons. The average molecular weight is 430 g/mol. The van der Waals surface area contributed by atoms with Crippen molar-refractivity contribution in [3.8, 4) is 5.75 Å². The lowest BCUT2D eigenvalue weighted by molar-refractivity contribution is -0.114. The Morgan fingerprint density at radius 1 is 0.969 bits per heavy atom. The maximum Gasteiger partial charge on any atom is 0.251 e. The molecule has 0 fully saturated rings. The molecule has 3 aromatic carbocycles. The Hall–Kier alpha value is -4.06. The molecule has 164 valence electrons. The number of carbonyl (C=O) groups is 2. The number of hydrogen-bond acceptors (Lipinski definition) is 4. The van der Waals surface area contributed by atoms with Gasteiger partial charge in [0.05, 0.1) is 18.3 Å². The predicted octanol–water partition coefficient (Wildman–Crippen LogP) is 4.79. The number of anilines is 2. The van der Waals surface area contributed by atoms with Crippen molar-refractivity contribution < 1.29 is 14.3 Å². The molecule has 3 N–H and O–H groups in total. The molecule has 2 amide bonds.